The van der Waals surface area contributed by atoms with Gasteiger partial charge < -0.3 is 15.4 Å². The lowest BCUT2D eigenvalue weighted by molar-refractivity contribution is -0.119. The molecule has 0 aliphatic heterocycles. The lowest BCUT2D eigenvalue weighted by atomic mass is 10.2. The van der Waals surface area contributed by atoms with E-state index in [-0.39, 0.29) is 12.5 Å². The standard InChI is InChI=1S/C13H20N2O2/c1-4-10(2)14-11-5-7-12(8-6-11)15-13(16)9-17-3/h5-8,10,14H,4,9H2,1-3H3,(H,15,16). The smallest absolute Gasteiger partial charge is 0.250 e. The van der Waals surface area contributed by atoms with Crippen LogP contribution in [0.2, 0.25) is 0 Å². The molecule has 1 aromatic carbocycles. The molecule has 0 saturated carbocycles. The summed E-state index contributed by atoms with van der Waals surface area (Å²) in [7, 11) is 1.50. The van der Waals surface area contributed by atoms with Crippen molar-refractivity contribution in [2.45, 2.75) is 26.3 Å². The number of rotatable bonds is 6. The maximum atomic E-state index is 11.3. The first-order valence-electron chi connectivity index (χ1n) is 5.81. The molecule has 1 aromatic rings. The number of amides is 1. The lowest BCUT2D eigenvalue weighted by Gasteiger charge is -2.13. The normalized spacial score (nSPS) is 11.9. The number of carbonyl (C=O) groups excluding carboxylic acids is 1. The molecule has 1 amide bonds. The third kappa shape index (κ3) is 4.87. The molecular weight excluding hydrogens is 216 g/mol. The predicted octanol–water partition coefficient (Wildman–Crippen LogP) is 2.48. The molecule has 0 fully saturated rings. The van der Waals surface area contributed by atoms with Gasteiger partial charge in [0.1, 0.15) is 6.61 Å². The van der Waals surface area contributed by atoms with Crippen LogP contribution in [-0.4, -0.2) is 25.7 Å². The largest absolute Gasteiger partial charge is 0.383 e. The molecule has 17 heavy (non-hydrogen) atoms. The van der Waals surface area contributed by atoms with E-state index in [1.165, 1.54) is 7.11 Å². The van der Waals surface area contributed by atoms with Crippen molar-refractivity contribution in [3.8, 4) is 0 Å². The summed E-state index contributed by atoms with van der Waals surface area (Å²) in [6, 6.07) is 8.10. The van der Waals surface area contributed by atoms with E-state index in [0.29, 0.717) is 6.04 Å². The molecule has 0 aromatic heterocycles. The van der Waals surface area contributed by atoms with Gasteiger partial charge in [0.05, 0.1) is 0 Å². The van der Waals surface area contributed by atoms with Gasteiger partial charge in [-0.15, -0.1) is 0 Å². The molecule has 1 atom stereocenters. The lowest BCUT2D eigenvalue weighted by Crippen LogP contribution is -2.17. The molecule has 0 heterocycles. The molecule has 0 bridgehead atoms. The zero-order chi connectivity index (χ0) is 12.7. The third-order valence-electron chi connectivity index (χ3n) is 2.47. The fourth-order valence-electron chi connectivity index (χ4n) is 1.36. The average molecular weight is 236 g/mol. The van der Waals surface area contributed by atoms with Gasteiger partial charge in [0, 0.05) is 24.5 Å². The molecule has 4 nitrogen and oxygen atoms in total. The van der Waals surface area contributed by atoms with Crippen molar-refractivity contribution >= 4 is 17.3 Å². The fourth-order valence-corrected chi connectivity index (χ4v) is 1.36. The van der Waals surface area contributed by atoms with Crippen LogP contribution in [-0.2, 0) is 9.53 Å². The molecule has 1 rings (SSSR count). The Kier molecular flexibility index (Phi) is 5.49. The Labute approximate surface area is 102 Å². The highest BCUT2D eigenvalue weighted by atomic mass is 16.5. The average Bonchev–Trinajstić information content (AvgIpc) is 2.32. The first-order valence-corrected chi connectivity index (χ1v) is 5.81. The van der Waals surface area contributed by atoms with Crippen LogP contribution in [0.3, 0.4) is 0 Å². The minimum Gasteiger partial charge on any atom is -0.383 e. The van der Waals surface area contributed by atoms with Crippen molar-refractivity contribution < 1.29 is 9.53 Å². The zero-order valence-electron chi connectivity index (χ0n) is 10.6. The van der Waals surface area contributed by atoms with Crippen LogP contribution in [0.15, 0.2) is 24.3 Å². The van der Waals surface area contributed by atoms with Gasteiger partial charge >= 0.3 is 0 Å². The van der Waals surface area contributed by atoms with Crippen molar-refractivity contribution in [3.05, 3.63) is 24.3 Å². The van der Waals surface area contributed by atoms with E-state index in [9.17, 15) is 4.79 Å². The number of hydrogen-bond acceptors (Lipinski definition) is 3. The zero-order valence-corrected chi connectivity index (χ0v) is 10.6. The Balaban J connectivity index is 2.52. The highest BCUT2D eigenvalue weighted by Crippen LogP contribution is 2.14. The Hall–Kier alpha value is -1.55. The summed E-state index contributed by atoms with van der Waals surface area (Å²) in [6.07, 6.45) is 1.08. The summed E-state index contributed by atoms with van der Waals surface area (Å²) in [5.74, 6) is -0.143. The van der Waals surface area contributed by atoms with Crippen LogP contribution in [0.5, 0.6) is 0 Å². The number of benzene rings is 1. The fraction of sp³-hybridized carbons (Fsp3) is 0.462. The van der Waals surface area contributed by atoms with E-state index in [1.807, 2.05) is 24.3 Å². The van der Waals surface area contributed by atoms with Crippen LogP contribution in [0.4, 0.5) is 11.4 Å². The maximum Gasteiger partial charge on any atom is 0.250 e. The SMILES string of the molecule is CCC(C)Nc1ccc(NC(=O)COC)cc1. The summed E-state index contributed by atoms with van der Waals surface area (Å²) in [5.41, 5.74) is 1.84. The Bertz CT molecular complexity index is 349. The van der Waals surface area contributed by atoms with Gasteiger partial charge in [-0.2, -0.15) is 0 Å². The number of hydrogen-bond donors (Lipinski definition) is 2. The van der Waals surface area contributed by atoms with Crippen LogP contribution >= 0.6 is 0 Å². The van der Waals surface area contributed by atoms with Gasteiger partial charge in [0.2, 0.25) is 5.91 Å². The van der Waals surface area contributed by atoms with Crippen LogP contribution in [0.1, 0.15) is 20.3 Å². The maximum absolute atomic E-state index is 11.3. The Morgan fingerprint density at radius 2 is 1.88 bits per heavy atom. The van der Waals surface area contributed by atoms with Crippen LogP contribution < -0.4 is 10.6 Å². The van der Waals surface area contributed by atoms with Crippen molar-refractivity contribution in [2.24, 2.45) is 0 Å². The monoisotopic (exact) mass is 236 g/mol. The van der Waals surface area contributed by atoms with Gasteiger partial charge in [-0.3, -0.25) is 4.79 Å². The van der Waals surface area contributed by atoms with Gasteiger partial charge in [-0.05, 0) is 37.6 Å². The van der Waals surface area contributed by atoms with Crippen molar-refractivity contribution in [1.82, 2.24) is 0 Å². The molecule has 0 spiro atoms. The number of nitrogens with one attached hydrogen (secondary N) is 2. The first kappa shape index (κ1) is 13.5. The highest BCUT2D eigenvalue weighted by molar-refractivity contribution is 5.91. The molecule has 4 heteroatoms. The second-order valence-corrected chi connectivity index (χ2v) is 4.01. The third-order valence-corrected chi connectivity index (χ3v) is 2.47. The van der Waals surface area contributed by atoms with Crippen molar-refractivity contribution in [2.75, 3.05) is 24.4 Å². The van der Waals surface area contributed by atoms with E-state index >= 15 is 0 Å². The number of methoxy groups -OCH3 is 1. The van der Waals surface area contributed by atoms with Crippen LogP contribution in [0, 0.1) is 0 Å². The first-order chi connectivity index (χ1) is 8.15. The summed E-state index contributed by atoms with van der Waals surface area (Å²) in [6.45, 7) is 4.35. The minimum atomic E-state index is -0.143. The summed E-state index contributed by atoms with van der Waals surface area (Å²) >= 11 is 0. The Morgan fingerprint density at radius 1 is 1.29 bits per heavy atom. The summed E-state index contributed by atoms with van der Waals surface area (Å²) in [5, 5.41) is 6.11. The predicted molar refractivity (Wildman–Crippen MR) is 70.3 cm³/mol. The molecule has 0 aliphatic rings. The second kappa shape index (κ2) is 6.91. The molecule has 94 valence electrons. The van der Waals surface area contributed by atoms with Gasteiger partial charge in [0.25, 0.3) is 0 Å². The molecule has 0 saturated heterocycles. The van der Waals surface area contributed by atoms with Gasteiger partial charge in [-0.1, -0.05) is 6.92 Å². The molecule has 0 radical (unpaired) electrons. The summed E-state index contributed by atoms with van der Waals surface area (Å²) in [4.78, 5) is 11.3. The van der Waals surface area contributed by atoms with E-state index < -0.39 is 0 Å². The Morgan fingerprint density at radius 3 is 2.41 bits per heavy atom. The molecule has 1 unspecified atom stereocenters. The quantitative estimate of drug-likeness (QED) is 0.797. The summed E-state index contributed by atoms with van der Waals surface area (Å²) < 4.78 is 4.74. The number of ether oxygens (including phenoxy) is 1. The number of anilines is 2. The molecular formula is C13H20N2O2. The van der Waals surface area contributed by atoms with Gasteiger partial charge in [-0.25, -0.2) is 0 Å². The highest BCUT2D eigenvalue weighted by Gasteiger charge is 2.02. The minimum absolute atomic E-state index is 0.0763. The van der Waals surface area contributed by atoms with E-state index in [0.717, 1.165) is 17.8 Å². The topological polar surface area (TPSA) is 50.4 Å². The van der Waals surface area contributed by atoms with Gasteiger partial charge in [0.15, 0.2) is 0 Å². The van der Waals surface area contributed by atoms with E-state index in [4.69, 9.17) is 4.74 Å². The second-order valence-electron chi connectivity index (χ2n) is 4.01. The van der Waals surface area contributed by atoms with E-state index in [1.54, 1.807) is 0 Å². The molecule has 2 N–H and O–H groups in total. The molecule has 0 aliphatic carbocycles. The number of carbonyl (C=O) groups is 1. The van der Waals surface area contributed by atoms with Crippen LogP contribution in [0.25, 0.3) is 0 Å². The van der Waals surface area contributed by atoms with Crippen molar-refractivity contribution in [3.63, 3.8) is 0 Å². The van der Waals surface area contributed by atoms with E-state index in [2.05, 4.69) is 24.5 Å². The van der Waals surface area contributed by atoms with Crippen molar-refractivity contribution in [1.29, 1.82) is 0 Å².